The number of carbonyl (C=O) groups is 1. The minimum absolute atomic E-state index is 0.0847. The van der Waals surface area contributed by atoms with Crippen LogP contribution in [0.2, 0.25) is 5.15 Å². The molecule has 6 heteroatoms. The van der Waals surface area contributed by atoms with Crippen molar-refractivity contribution in [1.29, 1.82) is 0 Å². The highest BCUT2D eigenvalue weighted by atomic mass is 35.5. The molecule has 94 valence electrons. The zero-order valence-electron chi connectivity index (χ0n) is 10.2. The number of aromatic nitrogens is 2. The van der Waals surface area contributed by atoms with E-state index in [4.69, 9.17) is 17.3 Å². The number of halogens is 1. The molecule has 0 spiro atoms. The van der Waals surface area contributed by atoms with Crippen molar-refractivity contribution in [2.75, 3.05) is 5.32 Å². The third-order valence-corrected chi connectivity index (χ3v) is 2.32. The highest BCUT2D eigenvalue weighted by Gasteiger charge is 2.10. The smallest absolute Gasteiger partial charge is 0.219 e. The molecule has 0 saturated heterocycles. The van der Waals surface area contributed by atoms with Gasteiger partial charge in [0.2, 0.25) is 5.91 Å². The van der Waals surface area contributed by atoms with Crippen LogP contribution in [0.3, 0.4) is 0 Å². The number of nitrogens with two attached hydrogens (primary N) is 1. The Hall–Kier alpha value is -1.36. The number of carbonyl (C=O) groups excluding carboxylic acids is 1. The van der Waals surface area contributed by atoms with E-state index in [0.717, 1.165) is 0 Å². The second-order valence-corrected chi connectivity index (χ2v) is 4.69. The lowest BCUT2D eigenvalue weighted by Crippen LogP contribution is -2.24. The van der Waals surface area contributed by atoms with Crippen molar-refractivity contribution in [2.45, 2.75) is 39.2 Å². The molecule has 1 atom stereocenters. The SMILES string of the molecule is CC(CC(N)=O)Nc1cc(Cl)nc(C(C)C)n1. The largest absolute Gasteiger partial charge is 0.370 e. The van der Waals surface area contributed by atoms with Crippen LogP contribution >= 0.6 is 11.6 Å². The predicted octanol–water partition coefficient (Wildman–Crippen LogP) is 1.93. The normalized spacial score (nSPS) is 12.5. The Morgan fingerprint density at radius 2 is 2.12 bits per heavy atom. The molecule has 0 bridgehead atoms. The fraction of sp³-hybridized carbons (Fsp3) is 0.545. The second kappa shape index (κ2) is 5.82. The lowest BCUT2D eigenvalue weighted by atomic mass is 10.2. The van der Waals surface area contributed by atoms with E-state index < -0.39 is 0 Å². The van der Waals surface area contributed by atoms with Gasteiger partial charge in [-0.2, -0.15) is 0 Å². The van der Waals surface area contributed by atoms with Crippen LogP contribution in [0, 0.1) is 0 Å². The molecular formula is C11H17ClN4O. The maximum absolute atomic E-state index is 10.8. The van der Waals surface area contributed by atoms with Crippen molar-refractivity contribution in [3.8, 4) is 0 Å². The van der Waals surface area contributed by atoms with Crippen LogP contribution in [0.5, 0.6) is 0 Å². The van der Waals surface area contributed by atoms with Crippen molar-refractivity contribution >= 4 is 23.3 Å². The van der Waals surface area contributed by atoms with Crippen molar-refractivity contribution in [3.05, 3.63) is 17.0 Å². The number of nitrogens with one attached hydrogen (secondary N) is 1. The zero-order valence-corrected chi connectivity index (χ0v) is 11.0. The van der Waals surface area contributed by atoms with E-state index in [2.05, 4.69) is 15.3 Å². The highest BCUT2D eigenvalue weighted by Crippen LogP contribution is 2.17. The topological polar surface area (TPSA) is 80.9 Å². The lowest BCUT2D eigenvalue weighted by molar-refractivity contribution is -0.118. The Kier molecular flexibility index (Phi) is 4.69. The minimum atomic E-state index is -0.353. The average Bonchev–Trinajstić information content (AvgIpc) is 2.14. The summed E-state index contributed by atoms with van der Waals surface area (Å²) in [7, 11) is 0. The van der Waals surface area contributed by atoms with E-state index in [9.17, 15) is 4.79 Å². The van der Waals surface area contributed by atoms with E-state index in [1.54, 1.807) is 6.07 Å². The monoisotopic (exact) mass is 256 g/mol. The minimum Gasteiger partial charge on any atom is -0.370 e. The first-order valence-corrected chi connectivity index (χ1v) is 5.85. The van der Waals surface area contributed by atoms with E-state index in [1.165, 1.54) is 0 Å². The van der Waals surface area contributed by atoms with Gasteiger partial charge in [0.15, 0.2) is 0 Å². The first-order chi connectivity index (χ1) is 7.88. The number of primary amides is 1. The summed E-state index contributed by atoms with van der Waals surface area (Å²) in [4.78, 5) is 19.2. The molecule has 0 saturated carbocycles. The van der Waals surface area contributed by atoms with E-state index in [1.807, 2.05) is 20.8 Å². The van der Waals surface area contributed by atoms with Gasteiger partial charge in [-0.3, -0.25) is 4.79 Å². The molecule has 0 fully saturated rings. The number of amides is 1. The Morgan fingerprint density at radius 3 is 2.65 bits per heavy atom. The summed E-state index contributed by atoms with van der Waals surface area (Å²) in [5, 5.41) is 3.46. The van der Waals surface area contributed by atoms with Gasteiger partial charge in [-0.25, -0.2) is 9.97 Å². The average molecular weight is 257 g/mol. The Bertz CT molecular complexity index is 408. The molecule has 0 aliphatic heterocycles. The van der Waals surface area contributed by atoms with Gasteiger partial charge in [-0.15, -0.1) is 0 Å². The molecule has 1 aromatic heterocycles. The summed E-state index contributed by atoms with van der Waals surface area (Å²) >= 11 is 5.90. The number of nitrogens with zero attached hydrogens (tertiary/aromatic N) is 2. The number of hydrogen-bond acceptors (Lipinski definition) is 4. The molecule has 3 N–H and O–H groups in total. The van der Waals surface area contributed by atoms with Crippen LogP contribution < -0.4 is 11.1 Å². The van der Waals surface area contributed by atoms with Gasteiger partial charge in [-0.1, -0.05) is 25.4 Å². The quantitative estimate of drug-likeness (QED) is 0.789. The number of hydrogen-bond donors (Lipinski definition) is 2. The molecule has 1 heterocycles. The van der Waals surface area contributed by atoms with Crippen LogP contribution in [0.25, 0.3) is 0 Å². The molecular weight excluding hydrogens is 240 g/mol. The molecule has 0 aliphatic rings. The molecule has 17 heavy (non-hydrogen) atoms. The number of rotatable bonds is 5. The Balaban J connectivity index is 2.80. The van der Waals surface area contributed by atoms with E-state index in [-0.39, 0.29) is 24.3 Å². The van der Waals surface area contributed by atoms with Crippen molar-refractivity contribution in [3.63, 3.8) is 0 Å². The Morgan fingerprint density at radius 1 is 1.47 bits per heavy atom. The van der Waals surface area contributed by atoms with Gasteiger partial charge in [0.25, 0.3) is 0 Å². The molecule has 0 aliphatic carbocycles. The maximum atomic E-state index is 10.8. The first-order valence-electron chi connectivity index (χ1n) is 5.47. The summed E-state index contributed by atoms with van der Waals surface area (Å²) in [6.45, 7) is 5.83. The molecule has 0 radical (unpaired) electrons. The zero-order chi connectivity index (χ0) is 13.0. The second-order valence-electron chi connectivity index (χ2n) is 4.30. The van der Waals surface area contributed by atoms with Gasteiger partial charge in [0.05, 0.1) is 0 Å². The standard InChI is InChI=1S/C11H17ClN4O/c1-6(2)11-15-8(12)5-10(16-11)14-7(3)4-9(13)17/h5-7H,4H2,1-3H3,(H2,13,17)(H,14,15,16). The fourth-order valence-electron chi connectivity index (χ4n) is 1.37. The maximum Gasteiger partial charge on any atom is 0.219 e. The molecule has 5 nitrogen and oxygen atoms in total. The van der Waals surface area contributed by atoms with E-state index in [0.29, 0.717) is 16.8 Å². The number of anilines is 1. The molecule has 1 aromatic rings. The summed E-state index contributed by atoms with van der Waals surface area (Å²) in [6.07, 6.45) is 0.249. The fourth-order valence-corrected chi connectivity index (χ4v) is 1.56. The molecule has 1 rings (SSSR count). The third-order valence-electron chi connectivity index (χ3n) is 2.13. The molecule has 0 aromatic carbocycles. The first kappa shape index (κ1) is 13.7. The van der Waals surface area contributed by atoms with Gasteiger partial charge < -0.3 is 11.1 Å². The summed E-state index contributed by atoms with van der Waals surface area (Å²) in [5.74, 6) is 1.13. The van der Waals surface area contributed by atoms with Crippen molar-refractivity contribution in [2.24, 2.45) is 5.73 Å². The van der Waals surface area contributed by atoms with Crippen molar-refractivity contribution < 1.29 is 4.79 Å². The van der Waals surface area contributed by atoms with Crippen LogP contribution in [-0.2, 0) is 4.79 Å². The summed E-state index contributed by atoms with van der Waals surface area (Å²) in [5.41, 5.74) is 5.12. The van der Waals surface area contributed by atoms with Crippen molar-refractivity contribution in [1.82, 2.24) is 9.97 Å². The van der Waals surface area contributed by atoms with Crippen LogP contribution in [0.4, 0.5) is 5.82 Å². The van der Waals surface area contributed by atoms with Gasteiger partial charge in [-0.05, 0) is 6.92 Å². The van der Waals surface area contributed by atoms with Crippen LogP contribution in [0.1, 0.15) is 38.9 Å². The lowest BCUT2D eigenvalue weighted by Gasteiger charge is -2.14. The molecule has 1 unspecified atom stereocenters. The predicted molar refractivity (Wildman–Crippen MR) is 68.0 cm³/mol. The van der Waals surface area contributed by atoms with Crippen LogP contribution in [-0.4, -0.2) is 21.9 Å². The van der Waals surface area contributed by atoms with Crippen LogP contribution in [0.15, 0.2) is 6.07 Å². The summed E-state index contributed by atoms with van der Waals surface area (Å²) < 4.78 is 0. The highest BCUT2D eigenvalue weighted by molar-refractivity contribution is 6.29. The third kappa shape index (κ3) is 4.56. The van der Waals surface area contributed by atoms with Gasteiger partial charge >= 0.3 is 0 Å². The van der Waals surface area contributed by atoms with Gasteiger partial charge in [0, 0.05) is 24.4 Å². The molecule has 1 amide bonds. The van der Waals surface area contributed by atoms with Gasteiger partial charge in [0.1, 0.15) is 16.8 Å². The summed E-state index contributed by atoms with van der Waals surface area (Å²) in [6, 6.07) is 1.55. The Labute approximate surface area is 106 Å². The van der Waals surface area contributed by atoms with E-state index >= 15 is 0 Å².